The molecule has 0 saturated carbocycles. The summed E-state index contributed by atoms with van der Waals surface area (Å²) in [5, 5.41) is 11.9. The molecule has 0 aliphatic carbocycles. The van der Waals surface area contributed by atoms with Gasteiger partial charge in [-0.2, -0.15) is 0 Å². The molecule has 4 rings (SSSR count). The lowest BCUT2D eigenvalue weighted by molar-refractivity contribution is -0.255. The summed E-state index contributed by atoms with van der Waals surface area (Å²) < 4.78 is 11.3. The van der Waals surface area contributed by atoms with E-state index in [9.17, 15) is 9.90 Å². The summed E-state index contributed by atoms with van der Waals surface area (Å²) in [6.45, 7) is 1.91. The predicted molar refractivity (Wildman–Crippen MR) is 97.2 cm³/mol. The molecule has 0 bridgehead atoms. The minimum atomic E-state index is -1.22. The van der Waals surface area contributed by atoms with Crippen molar-refractivity contribution in [1.82, 2.24) is 0 Å². The number of fused-ring (bicyclic) bond motifs is 2. The minimum absolute atomic E-state index is 0.141. The van der Waals surface area contributed by atoms with Gasteiger partial charge in [-0.25, -0.2) is 0 Å². The van der Waals surface area contributed by atoms with Crippen molar-refractivity contribution < 1.29 is 19.4 Å². The Morgan fingerprint density at radius 1 is 0.962 bits per heavy atom. The molecule has 3 aromatic carbocycles. The molecule has 0 N–H and O–H groups in total. The summed E-state index contributed by atoms with van der Waals surface area (Å²) in [4.78, 5) is 14.5. The Kier molecular flexibility index (Phi) is 4.09. The second-order valence-corrected chi connectivity index (χ2v) is 7.84. The van der Waals surface area contributed by atoms with Gasteiger partial charge in [0.05, 0.1) is 18.6 Å². The number of para-hydroxylation sites is 2. The van der Waals surface area contributed by atoms with Crippen LogP contribution in [0.15, 0.2) is 75.4 Å². The number of hydrogen-bond acceptors (Lipinski definition) is 4. The molecule has 3 aromatic rings. The molecule has 0 amide bonds. The first-order valence-corrected chi connectivity index (χ1v) is 9.33. The summed E-state index contributed by atoms with van der Waals surface area (Å²) in [5.74, 6) is 0.804. The van der Waals surface area contributed by atoms with Crippen LogP contribution in [0.2, 0.25) is 0 Å². The Balaban J connectivity index is 2.02. The third-order valence-corrected chi connectivity index (χ3v) is 6.63. The average Bonchev–Trinajstić information content (AvgIpc) is 2.65. The molecular weight excluding hydrogens is 348 g/mol. The SMILES string of the molecule is COc1cc(C(=O)[O-])c([S+]2c3ccccc3Oc3ccccc32)cc1C. The van der Waals surface area contributed by atoms with Crippen LogP contribution in [0.25, 0.3) is 0 Å². The van der Waals surface area contributed by atoms with Crippen LogP contribution in [0.3, 0.4) is 0 Å². The topological polar surface area (TPSA) is 58.6 Å². The van der Waals surface area contributed by atoms with Crippen molar-refractivity contribution in [3.63, 3.8) is 0 Å². The van der Waals surface area contributed by atoms with Crippen molar-refractivity contribution in [2.75, 3.05) is 7.11 Å². The van der Waals surface area contributed by atoms with Gasteiger partial charge in [0.1, 0.15) is 16.6 Å². The van der Waals surface area contributed by atoms with Crippen molar-refractivity contribution in [2.45, 2.75) is 21.6 Å². The normalized spacial score (nSPS) is 12.7. The first kappa shape index (κ1) is 16.5. The molecule has 26 heavy (non-hydrogen) atoms. The average molecular weight is 364 g/mol. The highest BCUT2D eigenvalue weighted by Crippen LogP contribution is 2.48. The zero-order valence-corrected chi connectivity index (χ0v) is 15.1. The van der Waals surface area contributed by atoms with Gasteiger partial charge in [0, 0.05) is 6.07 Å². The highest BCUT2D eigenvalue weighted by atomic mass is 32.2. The van der Waals surface area contributed by atoms with E-state index in [1.54, 1.807) is 6.07 Å². The molecular formula is C21H16O4S. The number of aryl methyl sites for hydroxylation is 1. The summed E-state index contributed by atoms with van der Waals surface area (Å²) in [5.41, 5.74) is 1.02. The number of benzene rings is 3. The van der Waals surface area contributed by atoms with Crippen LogP contribution in [-0.2, 0) is 10.9 Å². The van der Waals surface area contributed by atoms with Crippen molar-refractivity contribution in [2.24, 2.45) is 0 Å². The lowest BCUT2D eigenvalue weighted by Crippen LogP contribution is -2.26. The number of carboxylic acid groups (broad SMARTS) is 1. The monoisotopic (exact) mass is 364 g/mol. The second-order valence-electron chi connectivity index (χ2n) is 5.91. The maximum absolute atomic E-state index is 11.9. The highest BCUT2D eigenvalue weighted by molar-refractivity contribution is 7.97. The fourth-order valence-electron chi connectivity index (χ4n) is 3.09. The summed E-state index contributed by atoms with van der Waals surface area (Å²) in [6.07, 6.45) is 0. The largest absolute Gasteiger partial charge is 0.545 e. The van der Waals surface area contributed by atoms with Crippen LogP contribution < -0.4 is 14.6 Å². The van der Waals surface area contributed by atoms with E-state index in [-0.39, 0.29) is 5.56 Å². The quantitative estimate of drug-likeness (QED) is 0.522. The molecule has 0 fully saturated rings. The van der Waals surface area contributed by atoms with E-state index >= 15 is 0 Å². The molecule has 5 heteroatoms. The number of carbonyl (C=O) groups is 1. The lowest BCUT2D eigenvalue weighted by atomic mass is 10.1. The number of rotatable bonds is 3. The van der Waals surface area contributed by atoms with Gasteiger partial charge >= 0.3 is 0 Å². The van der Waals surface area contributed by atoms with Gasteiger partial charge < -0.3 is 19.4 Å². The van der Waals surface area contributed by atoms with Crippen LogP contribution in [0.4, 0.5) is 0 Å². The molecule has 0 unspecified atom stereocenters. The molecule has 130 valence electrons. The van der Waals surface area contributed by atoms with Gasteiger partial charge in [-0.15, -0.1) is 0 Å². The van der Waals surface area contributed by atoms with Crippen LogP contribution in [-0.4, -0.2) is 13.1 Å². The maximum atomic E-state index is 11.9. The molecule has 1 heterocycles. The Morgan fingerprint density at radius 2 is 1.54 bits per heavy atom. The standard InChI is InChI=1S/C21H16O4S/c1-13-11-20(14(21(22)23)12-17(13)24-2)26-18-9-5-3-7-15(18)25-16-8-4-6-10-19(16)26/h3-12H,1-2H3. The molecule has 0 spiro atoms. The van der Waals surface area contributed by atoms with E-state index < -0.39 is 16.9 Å². The maximum Gasteiger partial charge on any atom is 0.209 e. The predicted octanol–water partition coefficient (Wildman–Crippen LogP) is 3.57. The number of ether oxygens (including phenoxy) is 2. The van der Waals surface area contributed by atoms with E-state index in [4.69, 9.17) is 9.47 Å². The van der Waals surface area contributed by atoms with Gasteiger partial charge in [-0.05, 0) is 42.8 Å². The number of hydrogen-bond donors (Lipinski definition) is 0. The molecule has 0 saturated heterocycles. The third kappa shape index (κ3) is 2.61. The molecule has 0 atom stereocenters. The number of methoxy groups -OCH3 is 1. The molecule has 4 nitrogen and oxygen atoms in total. The first-order chi connectivity index (χ1) is 12.6. The fourth-order valence-corrected chi connectivity index (χ4v) is 5.51. The van der Waals surface area contributed by atoms with Crippen molar-refractivity contribution in [3.05, 3.63) is 71.8 Å². The zero-order valence-electron chi connectivity index (χ0n) is 14.3. The minimum Gasteiger partial charge on any atom is -0.545 e. The van der Waals surface area contributed by atoms with Gasteiger partial charge in [-0.1, -0.05) is 24.3 Å². The smallest absolute Gasteiger partial charge is 0.209 e. The number of carboxylic acids is 1. The second kappa shape index (κ2) is 6.42. The van der Waals surface area contributed by atoms with Crippen LogP contribution in [0, 0.1) is 6.92 Å². The van der Waals surface area contributed by atoms with Crippen LogP contribution in [0.1, 0.15) is 15.9 Å². The first-order valence-electron chi connectivity index (χ1n) is 8.10. The van der Waals surface area contributed by atoms with Gasteiger partial charge in [0.15, 0.2) is 16.4 Å². The Hall–Kier alpha value is -2.92. The van der Waals surface area contributed by atoms with E-state index in [0.29, 0.717) is 10.6 Å². The van der Waals surface area contributed by atoms with E-state index in [0.717, 1.165) is 26.9 Å². The third-order valence-electron chi connectivity index (χ3n) is 4.29. The summed E-state index contributed by atoms with van der Waals surface area (Å²) in [6, 6.07) is 18.9. The van der Waals surface area contributed by atoms with Crippen molar-refractivity contribution >= 4 is 16.9 Å². The summed E-state index contributed by atoms with van der Waals surface area (Å²) >= 11 is 0. The highest BCUT2D eigenvalue weighted by Gasteiger charge is 2.41. The Morgan fingerprint density at radius 3 is 2.08 bits per heavy atom. The zero-order chi connectivity index (χ0) is 18.3. The fraction of sp³-hybridized carbons (Fsp3) is 0.0952. The molecule has 1 aliphatic rings. The lowest BCUT2D eigenvalue weighted by Gasteiger charge is -2.22. The van der Waals surface area contributed by atoms with Crippen molar-refractivity contribution in [3.8, 4) is 17.2 Å². The van der Waals surface area contributed by atoms with Gasteiger partial charge in [0.25, 0.3) is 0 Å². The van der Waals surface area contributed by atoms with Crippen LogP contribution >= 0.6 is 0 Å². The molecule has 0 radical (unpaired) electrons. The van der Waals surface area contributed by atoms with Gasteiger partial charge in [0.2, 0.25) is 9.79 Å². The van der Waals surface area contributed by atoms with Crippen molar-refractivity contribution in [1.29, 1.82) is 0 Å². The van der Waals surface area contributed by atoms with E-state index in [1.165, 1.54) is 7.11 Å². The number of aromatic carboxylic acids is 1. The Bertz CT molecular complexity index is 967. The van der Waals surface area contributed by atoms with Gasteiger partial charge in [-0.3, -0.25) is 0 Å². The summed E-state index contributed by atoms with van der Waals surface area (Å²) in [7, 11) is 0.918. The van der Waals surface area contributed by atoms with Crippen LogP contribution in [0.5, 0.6) is 17.2 Å². The Labute approximate surface area is 154 Å². The molecule has 1 aliphatic heterocycles. The molecule has 0 aromatic heterocycles. The van der Waals surface area contributed by atoms with E-state index in [1.807, 2.05) is 61.5 Å². The number of carbonyl (C=O) groups excluding carboxylic acids is 1. The van der Waals surface area contributed by atoms with E-state index in [2.05, 4.69) is 0 Å².